The van der Waals surface area contributed by atoms with Gasteiger partial charge in [-0.15, -0.1) is 0 Å². The van der Waals surface area contributed by atoms with Crippen molar-refractivity contribution in [1.82, 2.24) is 0 Å². The lowest BCUT2D eigenvalue weighted by Gasteiger charge is -2.21. The summed E-state index contributed by atoms with van der Waals surface area (Å²) < 4.78 is 11.5. The summed E-state index contributed by atoms with van der Waals surface area (Å²) >= 11 is 4.94. The van der Waals surface area contributed by atoms with Crippen molar-refractivity contribution in [1.29, 1.82) is 0 Å². The minimum Gasteiger partial charge on any atom is -0.491 e. The molecule has 0 radical (unpaired) electrons. The number of rotatable bonds is 6. The zero-order chi connectivity index (χ0) is 13.5. The van der Waals surface area contributed by atoms with E-state index in [1.165, 1.54) is 32.1 Å². The summed E-state index contributed by atoms with van der Waals surface area (Å²) in [7, 11) is 0. The number of hydrogen-bond donors (Lipinski definition) is 1. The normalized spacial score (nSPS) is 16.2. The Labute approximate surface area is 120 Å². The molecule has 1 fully saturated rings. The second-order valence-electron chi connectivity index (χ2n) is 4.87. The Bertz CT molecular complexity index is 416. The van der Waals surface area contributed by atoms with Crippen LogP contribution in [-0.2, 0) is 4.74 Å². The third kappa shape index (κ3) is 4.80. The van der Waals surface area contributed by atoms with Gasteiger partial charge in [-0.25, -0.2) is 0 Å². The van der Waals surface area contributed by atoms with Crippen LogP contribution in [0.25, 0.3) is 0 Å². The molecule has 1 aliphatic rings. The molecule has 0 atom stereocenters. The van der Waals surface area contributed by atoms with Crippen molar-refractivity contribution in [3.05, 3.63) is 29.8 Å². The minimum absolute atomic E-state index is 0.393. The Morgan fingerprint density at radius 2 is 2.00 bits per heavy atom. The molecule has 0 heterocycles. The van der Waals surface area contributed by atoms with Crippen molar-refractivity contribution in [2.45, 2.75) is 38.2 Å². The second kappa shape index (κ2) is 7.46. The van der Waals surface area contributed by atoms with Gasteiger partial charge in [-0.2, -0.15) is 0 Å². The molecule has 2 rings (SSSR count). The van der Waals surface area contributed by atoms with Crippen molar-refractivity contribution >= 4 is 17.2 Å². The molecule has 0 amide bonds. The van der Waals surface area contributed by atoms with E-state index >= 15 is 0 Å². The zero-order valence-corrected chi connectivity index (χ0v) is 12.0. The highest BCUT2D eigenvalue weighted by Gasteiger charge is 2.13. The molecule has 3 nitrogen and oxygen atoms in total. The highest BCUT2D eigenvalue weighted by molar-refractivity contribution is 7.80. The summed E-state index contributed by atoms with van der Waals surface area (Å²) in [5, 5.41) is 0. The van der Waals surface area contributed by atoms with Crippen molar-refractivity contribution < 1.29 is 9.47 Å². The summed E-state index contributed by atoms with van der Waals surface area (Å²) in [6, 6.07) is 7.55. The van der Waals surface area contributed by atoms with Gasteiger partial charge in [0.05, 0.1) is 12.7 Å². The van der Waals surface area contributed by atoms with Gasteiger partial charge >= 0.3 is 0 Å². The maximum Gasteiger partial charge on any atom is 0.120 e. The van der Waals surface area contributed by atoms with Gasteiger partial charge in [-0.1, -0.05) is 43.6 Å². The first kappa shape index (κ1) is 14.3. The summed E-state index contributed by atoms with van der Waals surface area (Å²) in [6.45, 7) is 1.21. The van der Waals surface area contributed by atoms with Gasteiger partial charge in [-0.3, -0.25) is 0 Å². The molecule has 19 heavy (non-hydrogen) atoms. The van der Waals surface area contributed by atoms with E-state index < -0.39 is 0 Å². The lowest BCUT2D eigenvalue weighted by atomic mass is 9.98. The molecule has 1 aromatic rings. The molecule has 0 saturated heterocycles. The van der Waals surface area contributed by atoms with E-state index in [1.54, 1.807) is 0 Å². The van der Waals surface area contributed by atoms with Crippen LogP contribution < -0.4 is 10.5 Å². The first-order valence-corrected chi connectivity index (χ1v) is 7.31. The fraction of sp³-hybridized carbons (Fsp3) is 0.533. The van der Waals surface area contributed by atoms with Crippen LogP contribution in [0.3, 0.4) is 0 Å². The molecule has 0 unspecified atom stereocenters. The molecular formula is C15H21NO2S. The van der Waals surface area contributed by atoms with Crippen LogP contribution in [0.15, 0.2) is 24.3 Å². The van der Waals surface area contributed by atoms with Gasteiger partial charge in [0.2, 0.25) is 0 Å². The van der Waals surface area contributed by atoms with Crippen molar-refractivity contribution in [3.8, 4) is 5.75 Å². The predicted octanol–water partition coefficient (Wildman–Crippen LogP) is 3.05. The first-order valence-electron chi connectivity index (χ1n) is 6.90. The number of hydrogen-bond acceptors (Lipinski definition) is 3. The molecule has 0 bridgehead atoms. The smallest absolute Gasteiger partial charge is 0.120 e. The monoisotopic (exact) mass is 279 g/mol. The van der Waals surface area contributed by atoms with E-state index in [0.717, 1.165) is 11.3 Å². The van der Waals surface area contributed by atoms with Crippen molar-refractivity contribution in [3.63, 3.8) is 0 Å². The lowest BCUT2D eigenvalue weighted by molar-refractivity contribution is 0.0129. The van der Waals surface area contributed by atoms with Crippen LogP contribution in [0.4, 0.5) is 0 Å². The van der Waals surface area contributed by atoms with E-state index in [2.05, 4.69) is 0 Å². The van der Waals surface area contributed by atoms with Crippen LogP contribution in [0.5, 0.6) is 5.75 Å². The summed E-state index contributed by atoms with van der Waals surface area (Å²) in [5.74, 6) is 0.789. The molecule has 1 saturated carbocycles. The minimum atomic E-state index is 0.393. The van der Waals surface area contributed by atoms with Crippen LogP contribution >= 0.6 is 12.2 Å². The molecule has 2 N–H and O–H groups in total. The zero-order valence-electron chi connectivity index (χ0n) is 11.1. The first-order chi connectivity index (χ1) is 9.25. The van der Waals surface area contributed by atoms with Gasteiger partial charge in [0.1, 0.15) is 17.3 Å². The average Bonchev–Trinajstić information content (AvgIpc) is 2.45. The van der Waals surface area contributed by atoms with E-state index in [-0.39, 0.29) is 0 Å². The third-order valence-electron chi connectivity index (χ3n) is 3.38. The molecule has 104 valence electrons. The maximum absolute atomic E-state index is 5.81. The third-order valence-corrected chi connectivity index (χ3v) is 3.61. The Balaban J connectivity index is 1.70. The number of thiocarbonyl (C=S) groups is 1. The Hall–Kier alpha value is -1.13. The Kier molecular flexibility index (Phi) is 5.61. The van der Waals surface area contributed by atoms with E-state index in [4.69, 9.17) is 27.4 Å². The molecule has 0 aromatic heterocycles. The van der Waals surface area contributed by atoms with Crippen molar-refractivity contribution in [2.75, 3.05) is 13.2 Å². The molecule has 0 spiro atoms. The molecule has 0 aliphatic heterocycles. The molecule has 1 aliphatic carbocycles. The number of ether oxygens (including phenoxy) is 2. The lowest BCUT2D eigenvalue weighted by Crippen LogP contribution is -2.19. The number of nitrogens with two attached hydrogens (primary N) is 1. The molecule has 1 aromatic carbocycles. The van der Waals surface area contributed by atoms with Crippen molar-refractivity contribution in [2.24, 2.45) is 5.73 Å². The standard InChI is InChI=1S/C15H21NO2S/c16-15(19)12-5-4-8-14(11-12)18-10-9-17-13-6-2-1-3-7-13/h4-5,8,11,13H,1-3,6-7,9-10H2,(H2,16,19). The fourth-order valence-electron chi connectivity index (χ4n) is 2.35. The van der Waals surface area contributed by atoms with Crippen LogP contribution in [0.1, 0.15) is 37.7 Å². The number of benzene rings is 1. The SMILES string of the molecule is NC(=S)c1cccc(OCCOC2CCCCC2)c1. The molecule has 4 heteroatoms. The summed E-state index contributed by atoms with van der Waals surface area (Å²) in [5.41, 5.74) is 6.42. The van der Waals surface area contributed by atoms with Gasteiger partial charge in [0.25, 0.3) is 0 Å². The van der Waals surface area contributed by atoms with E-state index in [0.29, 0.717) is 24.3 Å². The van der Waals surface area contributed by atoms with Gasteiger partial charge in [0, 0.05) is 5.56 Å². The topological polar surface area (TPSA) is 44.5 Å². The van der Waals surface area contributed by atoms with E-state index in [1.807, 2.05) is 24.3 Å². The Morgan fingerprint density at radius 3 is 2.74 bits per heavy atom. The fourth-order valence-corrected chi connectivity index (χ4v) is 2.47. The summed E-state index contributed by atoms with van der Waals surface area (Å²) in [4.78, 5) is 0.393. The van der Waals surface area contributed by atoms with Crippen LogP contribution in [-0.4, -0.2) is 24.3 Å². The van der Waals surface area contributed by atoms with E-state index in [9.17, 15) is 0 Å². The second-order valence-corrected chi connectivity index (χ2v) is 5.31. The average molecular weight is 279 g/mol. The molecular weight excluding hydrogens is 258 g/mol. The Morgan fingerprint density at radius 1 is 1.21 bits per heavy atom. The predicted molar refractivity (Wildman–Crippen MR) is 80.6 cm³/mol. The largest absolute Gasteiger partial charge is 0.491 e. The quantitative estimate of drug-likeness (QED) is 0.642. The highest BCUT2D eigenvalue weighted by Crippen LogP contribution is 2.20. The van der Waals surface area contributed by atoms with Gasteiger partial charge in [0.15, 0.2) is 0 Å². The highest BCUT2D eigenvalue weighted by atomic mass is 32.1. The van der Waals surface area contributed by atoms with Crippen LogP contribution in [0.2, 0.25) is 0 Å². The summed E-state index contributed by atoms with van der Waals surface area (Å²) in [6.07, 6.45) is 6.75. The van der Waals surface area contributed by atoms with Crippen LogP contribution in [0, 0.1) is 0 Å². The van der Waals surface area contributed by atoms with Gasteiger partial charge in [-0.05, 0) is 25.0 Å². The maximum atomic E-state index is 5.81. The van der Waals surface area contributed by atoms with Gasteiger partial charge < -0.3 is 15.2 Å².